The molecule has 3 heteroatoms. The van der Waals surface area contributed by atoms with Gasteiger partial charge in [-0.1, -0.05) is 36.4 Å². The highest BCUT2D eigenvalue weighted by molar-refractivity contribution is 5.94. The van der Waals surface area contributed by atoms with Crippen molar-refractivity contribution in [1.82, 2.24) is 0 Å². The molecule has 0 fully saturated rings. The fraction of sp³-hybridized carbons (Fsp3) is 0.118. The normalized spacial score (nSPS) is 17.1. The van der Waals surface area contributed by atoms with Gasteiger partial charge in [0.1, 0.15) is 11.9 Å². The molecule has 20 heavy (non-hydrogen) atoms. The van der Waals surface area contributed by atoms with Gasteiger partial charge >= 0.3 is 5.97 Å². The molecule has 0 saturated carbocycles. The molecule has 0 aromatic heterocycles. The molecule has 0 unspecified atom stereocenters. The number of benzene rings is 2. The number of hydrogen-bond donors (Lipinski definition) is 0. The van der Waals surface area contributed by atoms with Gasteiger partial charge in [0.2, 0.25) is 0 Å². The summed E-state index contributed by atoms with van der Waals surface area (Å²) in [7, 11) is 1.64. The zero-order chi connectivity index (χ0) is 13.9. The molecule has 1 atom stereocenters. The van der Waals surface area contributed by atoms with E-state index >= 15 is 0 Å². The van der Waals surface area contributed by atoms with Crippen LogP contribution in [0.4, 0.5) is 0 Å². The van der Waals surface area contributed by atoms with Gasteiger partial charge < -0.3 is 9.47 Å². The summed E-state index contributed by atoms with van der Waals surface area (Å²) in [6, 6.07) is 15.2. The summed E-state index contributed by atoms with van der Waals surface area (Å²) in [6.07, 6.45) is 3.51. The van der Waals surface area contributed by atoms with E-state index in [-0.39, 0.29) is 12.1 Å². The summed E-state index contributed by atoms with van der Waals surface area (Å²) in [4.78, 5) is 11.7. The van der Waals surface area contributed by atoms with Crippen LogP contribution in [0.2, 0.25) is 0 Å². The van der Waals surface area contributed by atoms with Crippen LogP contribution in [0.5, 0.6) is 5.75 Å². The molecule has 0 N–H and O–H groups in total. The summed E-state index contributed by atoms with van der Waals surface area (Å²) < 4.78 is 10.5. The van der Waals surface area contributed by atoms with Gasteiger partial charge in [-0.05, 0) is 29.8 Å². The topological polar surface area (TPSA) is 35.5 Å². The van der Waals surface area contributed by atoms with Crippen LogP contribution in [0.3, 0.4) is 0 Å². The van der Waals surface area contributed by atoms with Gasteiger partial charge in [0.15, 0.2) is 0 Å². The quantitative estimate of drug-likeness (QED) is 0.796. The number of carbonyl (C=O) groups is 1. The van der Waals surface area contributed by atoms with E-state index in [9.17, 15) is 4.79 Å². The maximum Gasteiger partial charge on any atom is 0.339 e. The Morgan fingerprint density at radius 1 is 1.15 bits per heavy atom. The molecular weight excluding hydrogens is 252 g/mol. The number of esters is 1. The number of cyclic esters (lactones) is 1. The molecule has 2 aromatic carbocycles. The van der Waals surface area contributed by atoms with Gasteiger partial charge in [-0.25, -0.2) is 4.79 Å². The third kappa shape index (κ3) is 2.30. The molecule has 0 saturated heterocycles. The lowest BCUT2D eigenvalue weighted by Crippen LogP contribution is -1.95. The highest BCUT2D eigenvalue weighted by Gasteiger charge is 2.28. The molecule has 3 rings (SSSR count). The van der Waals surface area contributed by atoms with Crippen molar-refractivity contribution in [3.05, 3.63) is 71.3 Å². The number of carbonyl (C=O) groups excluding carboxylic acids is 1. The minimum Gasteiger partial charge on any atom is -0.497 e. The summed E-state index contributed by atoms with van der Waals surface area (Å²) in [5.41, 5.74) is 2.56. The maximum absolute atomic E-state index is 11.7. The minimum atomic E-state index is -0.315. The fourth-order valence-corrected chi connectivity index (χ4v) is 2.26. The van der Waals surface area contributed by atoms with Crippen molar-refractivity contribution in [1.29, 1.82) is 0 Å². The van der Waals surface area contributed by atoms with Gasteiger partial charge in [0, 0.05) is 5.56 Å². The maximum atomic E-state index is 11.7. The third-order valence-corrected chi connectivity index (χ3v) is 3.28. The Labute approximate surface area is 117 Å². The van der Waals surface area contributed by atoms with Crippen molar-refractivity contribution in [2.75, 3.05) is 7.11 Å². The van der Waals surface area contributed by atoms with Crippen LogP contribution in [0.25, 0.3) is 6.08 Å². The smallest absolute Gasteiger partial charge is 0.339 e. The number of rotatable bonds is 3. The molecule has 0 spiro atoms. The predicted molar refractivity (Wildman–Crippen MR) is 76.6 cm³/mol. The van der Waals surface area contributed by atoms with E-state index in [0.29, 0.717) is 5.56 Å². The highest BCUT2D eigenvalue weighted by Crippen LogP contribution is 2.31. The molecule has 100 valence electrons. The average Bonchev–Trinajstić information content (AvgIpc) is 2.82. The SMILES string of the molecule is COc1cccc(/C=C\[C@@H]2OC(=O)c3ccccc32)c1. The molecule has 0 radical (unpaired) electrons. The Morgan fingerprint density at radius 2 is 2.00 bits per heavy atom. The zero-order valence-electron chi connectivity index (χ0n) is 11.1. The second-order valence-corrected chi connectivity index (χ2v) is 4.55. The van der Waals surface area contributed by atoms with Crippen molar-refractivity contribution in [2.24, 2.45) is 0 Å². The second kappa shape index (κ2) is 5.21. The first-order valence-electron chi connectivity index (χ1n) is 6.40. The Kier molecular flexibility index (Phi) is 3.25. The van der Waals surface area contributed by atoms with E-state index in [2.05, 4.69) is 0 Å². The summed E-state index contributed by atoms with van der Waals surface area (Å²) in [6.45, 7) is 0. The van der Waals surface area contributed by atoms with Gasteiger partial charge in [0.25, 0.3) is 0 Å². The van der Waals surface area contributed by atoms with E-state index in [4.69, 9.17) is 9.47 Å². The van der Waals surface area contributed by atoms with E-state index in [1.807, 2.05) is 54.6 Å². The molecule has 1 aliphatic heterocycles. The van der Waals surface area contributed by atoms with Crippen LogP contribution in [-0.4, -0.2) is 13.1 Å². The van der Waals surface area contributed by atoms with Crippen molar-refractivity contribution in [3.63, 3.8) is 0 Å². The Bertz CT molecular complexity index is 673. The van der Waals surface area contributed by atoms with E-state index < -0.39 is 0 Å². The molecular formula is C17H14O3. The lowest BCUT2D eigenvalue weighted by molar-refractivity contribution is 0.0468. The molecule has 0 amide bonds. The zero-order valence-corrected chi connectivity index (χ0v) is 11.1. The van der Waals surface area contributed by atoms with Gasteiger partial charge in [0.05, 0.1) is 12.7 Å². The lowest BCUT2D eigenvalue weighted by Gasteiger charge is -2.05. The van der Waals surface area contributed by atoms with Crippen LogP contribution in [0, 0.1) is 0 Å². The monoisotopic (exact) mass is 266 g/mol. The lowest BCUT2D eigenvalue weighted by atomic mass is 10.0. The molecule has 0 aliphatic carbocycles. The third-order valence-electron chi connectivity index (χ3n) is 3.28. The highest BCUT2D eigenvalue weighted by atomic mass is 16.5. The minimum absolute atomic E-state index is 0.263. The van der Waals surface area contributed by atoms with E-state index in [1.165, 1.54) is 0 Å². The van der Waals surface area contributed by atoms with Crippen LogP contribution in [0.15, 0.2) is 54.6 Å². The Morgan fingerprint density at radius 3 is 2.85 bits per heavy atom. The summed E-state index contributed by atoms with van der Waals surface area (Å²) >= 11 is 0. The Balaban J connectivity index is 1.85. The largest absolute Gasteiger partial charge is 0.497 e. The van der Waals surface area contributed by atoms with Gasteiger partial charge in [-0.3, -0.25) is 0 Å². The van der Waals surface area contributed by atoms with Crippen LogP contribution < -0.4 is 4.74 Å². The number of ether oxygens (including phenoxy) is 2. The molecule has 1 heterocycles. The average molecular weight is 266 g/mol. The summed E-state index contributed by atoms with van der Waals surface area (Å²) in [5.74, 6) is 0.539. The molecule has 3 nitrogen and oxygen atoms in total. The van der Waals surface area contributed by atoms with Gasteiger partial charge in [-0.15, -0.1) is 0 Å². The van der Waals surface area contributed by atoms with Crippen molar-refractivity contribution in [3.8, 4) is 5.75 Å². The molecule has 0 bridgehead atoms. The number of methoxy groups -OCH3 is 1. The molecule has 1 aliphatic rings. The van der Waals surface area contributed by atoms with E-state index in [0.717, 1.165) is 16.9 Å². The van der Waals surface area contributed by atoms with Crippen molar-refractivity contribution < 1.29 is 14.3 Å². The fourth-order valence-electron chi connectivity index (χ4n) is 2.26. The van der Waals surface area contributed by atoms with Crippen LogP contribution in [0.1, 0.15) is 27.6 Å². The first-order chi connectivity index (χ1) is 9.78. The van der Waals surface area contributed by atoms with E-state index in [1.54, 1.807) is 13.2 Å². The first kappa shape index (κ1) is 12.5. The van der Waals surface area contributed by atoms with Gasteiger partial charge in [-0.2, -0.15) is 0 Å². The number of hydrogen-bond acceptors (Lipinski definition) is 3. The first-order valence-corrected chi connectivity index (χ1v) is 6.40. The summed E-state index contributed by atoms with van der Waals surface area (Å²) in [5, 5.41) is 0. The van der Waals surface area contributed by atoms with Crippen molar-refractivity contribution >= 4 is 12.0 Å². The van der Waals surface area contributed by atoms with Crippen molar-refractivity contribution in [2.45, 2.75) is 6.10 Å². The predicted octanol–water partition coefficient (Wildman–Crippen LogP) is 3.62. The number of fused-ring (bicyclic) bond motifs is 1. The van der Waals surface area contributed by atoms with Crippen LogP contribution >= 0.6 is 0 Å². The second-order valence-electron chi connectivity index (χ2n) is 4.55. The Hall–Kier alpha value is -2.55. The van der Waals surface area contributed by atoms with Crippen LogP contribution in [-0.2, 0) is 4.74 Å². The standard InChI is InChI=1S/C17H14O3/c1-19-13-6-4-5-12(11-13)9-10-16-14-7-2-3-8-15(14)17(18)20-16/h2-11,16H,1H3/b10-9-/t16-/m0/s1. The molecule has 2 aromatic rings.